The van der Waals surface area contributed by atoms with Gasteiger partial charge in [0.15, 0.2) is 11.7 Å². The van der Waals surface area contributed by atoms with E-state index in [-0.39, 0.29) is 5.69 Å². The number of nitriles is 1. The van der Waals surface area contributed by atoms with Gasteiger partial charge in [-0.1, -0.05) is 12.1 Å². The fourth-order valence-electron chi connectivity index (χ4n) is 2.07. The normalized spacial score (nSPS) is 11.7. The first kappa shape index (κ1) is 16.6. The highest BCUT2D eigenvalue weighted by Gasteiger charge is 2.27. The molecule has 7 nitrogen and oxygen atoms in total. The van der Waals surface area contributed by atoms with E-state index in [9.17, 15) is 10.1 Å². The average Bonchev–Trinajstić information content (AvgIpc) is 2.59. The lowest BCUT2D eigenvalue weighted by Crippen LogP contribution is -2.19. The van der Waals surface area contributed by atoms with Gasteiger partial charge in [0.25, 0.3) is 0 Å². The van der Waals surface area contributed by atoms with E-state index in [1.165, 1.54) is 7.11 Å². The molecule has 120 valence electrons. The van der Waals surface area contributed by atoms with E-state index in [0.29, 0.717) is 36.6 Å². The molecule has 0 radical (unpaired) electrons. The number of rotatable bonds is 7. The number of esters is 1. The smallest absolute Gasteiger partial charge is 0.329 e. The van der Waals surface area contributed by atoms with Crippen LogP contribution in [0.1, 0.15) is 18.5 Å². The first-order valence-corrected chi connectivity index (χ1v) is 7.27. The molecule has 0 amide bonds. The molecule has 1 aromatic heterocycles. The molecular weight excluding hydrogens is 296 g/mol. The molecule has 1 unspecified atom stereocenters. The van der Waals surface area contributed by atoms with Crippen LogP contribution in [0.3, 0.4) is 0 Å². The zero-order valence-corrected chi connectivity index (χ0v) is 13.1. The fraction of sp³-hybridized carbons (Fsp3) is 0.375. The standard InChI is InChI=1S/C16H18N4O3/c1-3-23-9-8-18-15-14(11(10-17)16(21)22-2)19-12-6-4-5-7-13(12)20-15/h4-7,11H,3,8-9H2,1-2H3,(H,18,20). The topological polar surface area (TPSA) is 97.1 Å². The molecule has 0 aliphatic heterocycles. The number of nitrogens with one attached hydrogen (secondary N) is 1. The molecule has 0 aliphatic rings. The Morgan fingerprint density at radius 3 is 2.65 bits per heavy atom. The van der Waals surface area contributed by atoms with Gasteiger partial charge in [-0.2, -0.15) is 5.26 Å². The van der Waals surface area contributed by atoms with Crippen molar-refractivity contribution in [2.75, 3.05) is 32.2 Å². The molecule has 1 atom stereocenters. The highest BCUT2D eigenvalue weighted by atomic mass is 16.5. The number of anilines is 1. The lowest BCUT2D eigenvalue weighted by molar-refractivity contribution is -0.141. The van der Waals surface area contributed by atoms with E-state index in [2.05, 4.69) is 20.0 Å². The third-order valence-electron chi connectivity index (χ3n) is 3.18. The Bertz CT molecular complexity index is 727. The Hall–Kier alpha value is -2.72. The quantitative estimate of drug-likeness (QED) is 0.615. The summed E-state index contributed by atoms with van der Waals surface area (Å²) in [7, 11) is 1.24. The fourth-order valence-corrected chi connectivity index (χ4v) is 2.07. The number of benzene rings is 1. The van der Waals surface area contributed by atoms with Crippen LogP contribution in [-0.4, -0.2) is 42.8 Å². The predicted octanol–water partition coefficient (Wildman–Crippen LogP) is 1.86. The van der Waals surface area contributed by atoms with Gasteiger partial charge in [0.1, 0.15) is 5.69 Å². The van der Waals surface area contributed by atoms with Crippen molar-refractivity contribution in [1.82, 2.24) is 9.97 Å². The highest BCUT2D eigenvalue weighted by Crippen LogP contribution is 2.24. The van der Waals surface area contributed by atoms with Crippen LogP contribution in [0.2, 0.25) is 0 Å². The van der Waals surface area contributed by atoms with Gasteiger partial charge in [0, 0.05) is 13.2 Å². The average molecular weight is 314 g/mol. The number of ether oxygens (including phenoxy) is 2. The number of nitrogens with zero attached hydrogens (tertiary/aromatic N) is 3. The number of hydrogen-bond donors (Lipinski definition) is 1. The molecule has 0 saturated carbocycles. The van der Waals surface area contributed by atoms with E-state index in [1.807, 2.05) is 31.2 Å². The second-order valence-corrected chi connectivity index (χ2v) is 4.66. The molecule has 1 N–H and O–H groups in total. The summed E-state index contributed by atoms with van der Waals surface area (Å²) >= 11 is 0. The van der Waals surface area contributed by atoms with E-state index < -0.39 is 11.9 Å². The van der Waals surface area contributed by atoms with Gasteiger partial charge in [-0.25, -0.2) is 9.97 Å². The first-order chi connectivity index (χ1) is 11.2. The number of aromatic nitrogens is 2. The van der Waals surface area contributed by atoms with Gasteiger partial charge in [-0.3, -0.25) is 4.79 Å². The molecule has 23 heavy (non-hydrogen) atoms. The van der Waals surface area contributed by atoms with Gasteiger partial charge < -0.3 is 14.8 Å². The molecule has 0 aliphatic carbocycles. The van der Waals surface area contributed by atoms with Crippen LogP contribution in [0.15, 0.2) is 24.3 Å². The van der Waals surface area contributed by atoms with Crippen molar-refractivity contribution < 1.29 is 14.3 Å². The Balaban J connectivity index is 2.41. The summed E-state index contributed by atoms with van der Waals surface area (Å²) in [6, 6.07) is 9.20. The molecule has 1 aromatic carbocycles. The largest absolute Gasteiger partial charge is 0.468 e. The third-order valence-corrected chi connectivity index (χ3v) is 3.18. The Morgan fingerprint density at radius 2 is 2.04 bits per heavy atom. The molecule has 0 spiro atoms. The molecule has 2 aromatic rings. The van der Waals surface area contributed by atoms with E-state index >= 15 is 0 Å². The minimum Gasteiger partial charge on any atom is -0.468 e. The maximum Gasteiger partial charge on any atom is 0.329 e. The molecule has 7 heteroatoms. The molecule has 0 saturated heterocycles. The van der Waals surface area contributed by atoms with Gasteiger partial charge >= 0.3 is 5.97 Å². The second kappa shape index (κ2) is 8.06. The number of carbonyl (C=O) groups excluding carboxylic acids is 1. The SMILES string of the molecule is CCOCCNc1nc2ccccc2nc1C(C#N)C(=O)OC. The van der Waals surface area contributed by atoms with E-state index in [0.717, 1.165) is 0 Å². The van der Waals surface area contributed by atoms with Crippen LogP contribution in [0.25, 0.3) is 11.0 Å². The number of carbonyl (C=O) groups is 1. The molecular formula is C16H18N4O3. The minimum absolute atomic E-state index is 0.259. The van der Waals surface area contributed by atoms with Crippen LogP contribution >= 0.6 is 0 Å². The molecule has 0 fully saturated rings. The maximum atomic E-state index is 11.8. The summed E-state index contributed by atoms with van der Waals surface area (Å²) in [5.41, 5.74) is 1.55. The van der Waals surface area contributed by atoms with Crippen LogP contribution < -0.4 is 5.32 Å². The van der Waals surface area contributed by atoms with Crippen molar-refractivity contribution in [3.05, 3.63) is 30.0 Å². The number of hydrogen-bond acceptors (Lipinski definition) is 7. The van der Waals surface area contributed by atoms with E-state index in [1.54, 1.807) is 6.07 Å². The number of fused-ring (bicyclic) bond motifs is 1. The summed E-state index contributed by atoms with van der Waals surface area (Å²) in [5, 5.41) is 12.4. The predicted molar refractivity (Wildman–Crippen MR) is 84.9 cm³/mol. The lowest BCUT2D eigenvalue weighted by atomic mass is 10.1. The van der Waals surface area contributed by atoms with Gasteiger partial charge in [0.05, 0.1) is 30.8 Å². The van der Waals surface area contributed by atoms with Crippen LogP contribution in [0.5, 0.6) is 0 Å². The Morgan fingerprint density at radius 1 is 1.35 bits per heavy atom. The second-order valence-electron chi connectivity index (χ2n) is 4.66. The minimum atomic E-state index is -1.13. The van der Waals surface area contributed by atoms with Crippen molar-refractivity contribution in [3.63, 3.8) is 0 Å². The summed E-state index contributed by atoms with van der Waals surface area (Å²) in [6.07, 6.45) is 0. The lowest BCUT2D eigenvalue weighted by Gasteiger charge is -2.14. The van der Waals surface area contributed by atoms with Crippen LogP contribution in [0, 0.1) is 11.3 Å². The maximum absolute atomic E-state index is 11.8. The first-order valence-electron chi connectivity index (χ1n) is 7.27. The zero-order chi connectivity index (χ0) is 16.7. The van der Waals surface area contributed by atoms with Crippen molar-refractivity contribution in [2.45, 2.75) is 12.8 Å². The van der Waals surface area contributed by atoms with Crippen molar-refractivity contribution in [1.29, 1.82) is 5.26 Å². The van der Waals surface area contributed by atoms with Crippen LogP contribution in [0.4, 0.5) is 5.82 Å². The van der Waals surface area contributed by atoms with Crippen molar-refractivity contribution >= 4 is 22.8 Å². The highest BCUT2D eigenvalue weighted by molar-refractivity contribution is 5.84. The Kier molecular flexibility index (Phi) is 5.83. The molecule has 1 heterocycles. The summed E-state index contributed by atoms with van der Waals surface area (Å²) in [6.45, 7) is 3.50. The summed E-state index contributed by atoms with van der Waals surface area (Å²) in [5.74, 6) is -1.41. The monoisotopic (exact) mass is 314 g/mol. The van der Waals surface area contributed by atoms with Crippen molar-refractivity contribution in [2.24, 2.45) is 0 Å². The zero-order valence-electron chi connectivity index (χ0n) is 13.1. The van der Waals surface area contributed by atoms with Gasteiger partial charge in [-0.05, 0) is 19.1 Å². The molecule has 2 rings (SSSR count). The third kappa shape index (κ3) is 3.93. The van der Waals surface area contributed by atoms with Crippen molar-refractivity contribution in [3.8, 4) is 6.07 Å². The van der Waals surface area contributed by atoms with Crippen LogP contribution in [-0.2, 0) is 14.3 Å². The van der Waals surface area contributed by atoms with E-state index in [4.69, 9.17) is 4.74 Å². The summed E-state index contributed by atoms with van der Waals surface area (Å²) < 4.78 is 9.96. The molecule has 0 bridgehead atoms. The number of methoxy groups -OCH3 is 1. The number of para-hydroxylation sites is 2. The summed E-state index contributed by atoms with van der Waals surface area (Å²) in [4.78, 5) is 20.7. The Labute approximate surface area is 134 Å². The van der Waals surface area contributed by atoms with Gasteiger partial charge in [-0.15, -0.1) is 0 Å². The van der Waals surface area contributed by atoms with Gasteiger partial charge in [0.2, 0.25) is 0 Å².